The smallest absolute Gasteiger partial charge is 0.0603 e. The van der Waals surface area contributed by atoms with Crippen LogP contribution in [0.5, 0.6) is 0 Å². The number of aryl methyl sites for hydroxylation is 3. The van der Waals surface area contributed by atoms with Crippen LogP contribution in [0.4, 0.5) is 5.69 Å². The summed E-state index contributed by atoms with van der Waals surface area (Å²) in [5.74, 6) is 0. The largest absolute Gasteiger partial charge is 0.379 e. The van der Waals surface area contributed by atoms with Gasteiger partial charge in [-0.2, -0.15) is 0 Å². The number of aromatic nitrogens is 1. The third-order valence-corrected chi connectivity index (χ3v) is 2.97. The van der Waals surface area contributed by atoms with Crippen LogP contribution < -0.4 is 5.32 Å². The van der Waals surface area contributed by atoms with Gasteiger partial charge in [-0.1, -0.05) is 23.8 Å². The number of rotatable bonds is 3. The van der Waals surface area contributed by atoms with Crippen molar-refractivity contribution < 1.29 is 0 Å². The standard InChI is InChI=1S/C15H18N2/c1-11-6-7-14(12(2)9-11)10-17-15-5-4-8-16-13(15)3/h4-9,17H,10H2,1-3H3. The van der Waals surface area contributed by atoms with Gasteiger partial charge in [-0.15, -0.1) is 0 Å². The molecule has 1 N–H and O–H groups in total. The zero-order valence-electron chi connectivity index (χ0n) is 10.6. The number of anilines is 1. The average molecular weight is 226 g/mol. The van der Waals surface area contributed by atoms with E-state index in [0.717, 1.165) is 17.9 Å². The molecule has 1 heterocycles. The maximum Gasteiger partial charge on any atom is 0.0603 e. The monoisotopic (exact) mass is 226 g/mol. The molecule has 0 radical (unpaired) electrons. The van der Waals surface area contributed by atoms with E-state index in [0.29, 0.717) is 0 Å². The Morgan fingerprint density at radius 3 is 2.65 bits per heavy atom. The lowest BCUT2D eigenvalue weighted by Gasteiger charge is -2.11. The molecule has 0 bridgehead atoms. The maximum atomic E-state index is 4.27. The average Bonchev–Trinajstić information content (AvgIpc) is 2.30. The molecule has 0 aliphatic heterocycles. The van der Waals surface area contributed by atoms with Crippen molar-refractivity contribution in [2.45, 2.75) is 27.3 Å². The van der Waals surface area contributed by atoms with E-state index in [-0.39, 0.29) is 0 Å². The Morgan fingerprint density at radius 2 is 1.94 bits per heavy atom. The highest BCUT2D eigenvalue weighted by Crippen LogP contribution is 2.15. The van der Waals surface area contributed by atoms with Crippen LogP contribution in [0.1, 0.15) is 22.4 Å². The summed E-state index contributed by atoms with van der Waals surface area (Å²) in [4.78, 5) is 4.27. The minimum absolute atomic E-state index is 0.846. The van der Waals surface area contributed by atoms with E-state index in [4.69, 9.17) is 0 Å². The number of hydrogen-bond acceptors (Lipinski definition) is 2. The first-order valence-electron chi connectivity index (χ1n) is 5.88. The summed E-state index contributed by atoms with van der Waals surface area (Å²) >= 11 is 0. The summed E-state index contributed by atoms with van der Waals surface area (Å²) in [5.41, 5.74) is 6.12. The van der Waals surface area contributed by atoms with Gasteiger partial charge in [-0.05, 0) is 44.0 Å². The fourth-order valence-corrected chi connectivity index (χ4v) is 1.91. The van der Waals surface area contributed by atoms with Crippen LogP contribution in [0.15, 0.2) is 36.5 Å². The summed E-state index contributed by atoms with van der Waals surface area (Å²) in [6.07, 6.45) is 1.82. The SMILES string of the molecule is Cc1ccc(CNc2cccnc2C)c(C)c1. The van der Waals surface area contributed by atoms with E-state index in [2.05, 4.69) is 48.4 Å². The first-order chi connectivity index (χ1) is 8.16. The van der Waals surface area contributed by atoms with Crippen LogP contribution in [-0.2, 0) is 6.54 Å². The maximum absolute atomic E-state index is 4.27. The van der Waals surface area contributed by atoms with E-state index >= 15 is 0 Å². The Bertz CT molecular complexity index is 518. The Labute approximate surface area is 103 Å². The van der Waals surface area contributed by atoms with Crippen molar-refractivity contribution in [2.24, 2.45) is 0 Å². The highest BCUT2D eigenvalue weighted by atomic mass is 14.9. The van der Waals surface area contributed by atoms with Crippen molar-refractivity contribution in [2.75, 3.05) is 5.32 Å². The zero-order chi connectivity index (χ0) is 12.3. The predicted molar refractivity (Wildman–Crippen MR) is 72.2 cm³/mol. The molecule has 0 unspecified atom stereocenters. The molecule has 1 aromatic heterocycles. The van der Waals surface area contributed by atoms with E-state index < -0.39 is 0 Å². The van der Waals surface area contributed by atoms with E-state index in [1.807, 2.05) is 19.2 Å². The van der Waals surface area contributed by atoms with Crippen LogP contribution in [0.25, 0.3) is 0 Å². The topological polar surface area (TPSA) is 24.9 Å². The van der Waals surface area contributed by atoms with Crippen molar-refractivity contribution in [3.8, 4) is 0 Å². The van der Waals surface area contributed by atoms with Crippen molar-refractivity contribution in [1.82, 2.24) is 4.98 Å². The summed E-state index contributed by atoms with van der Waals surface area (Å²) in [5, 5.41) is 3.43. The third-order valence-electron chi connectivity index (χ3n) is 2.97. The van der Waals surface area contributed by atoms with Crippen LogP contribution in [0.2, 0.25) is 0 Å². The van der Waals surface area contributed by atoms with E-state index in [9.17, 15) is 0 Å². The molecule has 0 saturated heterocycles. The molecule has 0 aliphatic rings. The van der Waals surface area contributed by atoms with E-state index in [1.54, 1.807) is 0 Å². The molecule has 88 valence electrons. The summed E-state index contributed by atoms with van der Waals surface area (Å²) in [7, 11) is 0. The van der Waals surface area contributed by atoms with Gasteiger partial charge in [0, 0.05) is 12.7 Å². The van der Waals surface area contributed by atoms with Gasteiger partial charge in [-0.3, -0.25) is 4.98 Å². The molecule has 0 aliphatic carbocycles. The Balaban J connectivity index is 2.10. The highest BCUT2D eigenvalue weighted by molar-refractivity contribution is 5.47. The van der Waals surface area contributed by atoms with Gasteiger partial charge in [0.05, 0.1) is 11.4 Å². The molecular weight excluding hydrogens is 208 g/mol. The van der Waals surface area contributed by atoms with Gasteiger partial charge < -0.3 is 5.32 Å². The van der Waals surface area contributed by atoms with Gasteiger partial charge in [0.1, 0.15) is 0 Å². The zero-order valence-corrected chi connectivity index (χ0v) is 10.6. The minimum atomic E-state index is 0.846. The molecule has 2 nitrogen and oxygen atoms in total. The second kappa shape index (κ2) is 5.00. The Morgan fingerprint density at radius 1 is 1.12 bits per heavy atom. The number of pyridine rings is 1. The van der Waals surface area contributed by atoms with Crippen LogP contribution >= 0.6 is 0 Å². The van der Waals surface area contributed by atoms with E-state index in [1.165, 1.54) is 16.7 Å². The number of nitrogens with one attached hydrogen (secondary N) is 1. The fraction of sp³-hybridized carbons (Fsp3) is 0.267. The Kier molecular flexibility index (Phi) is 3.43. The lowest BCUT2D eigenvalue weighted by molar-refractivity contribution is 1.09. The molecule has 0 atom stereocenters. The normalized spacial score (nSPS) is 10.3. The summed E-state index contributed by atoms with van der Waals surface area (Å²) in [6.45, 7) is 7.14. The molecule has 0 fully saturated rings. The van der Waals surface area contributed by atoms with Gasteiger partial charge in [-0.25, -0.2) is 0 Å². The number of benzene rings is 1. The highest BCUT2D eigenvalue weighted by Gasteiger charge is 2.00. The molecule has 2 aromatic rings. The van der Waals surface area contributed by atoms with Crippen LogP contribution in [0.3, 0.4) is 0 Å². The molecule has 0 amide bonds. The lowest BCUT2D eigenvalue weighted by atomic mass is 10.1. The quantitative estimate of drug-likeness (QED) is 0.864. The van der Waals surface area contributed by atoms with Crippen molar-refractivity contribution in [3.63, 3.8) is 0 Å². The summed E-state index contributed by atoms with van der Waals surface area (Å²) < 4.78 is 0. The number of hydrogen-bond donors (Lipinski definition) is 1. The molecule has 17 heavy (non-hydrogen) atoms. The predicted octanol–water partition coefficient (Wildman–Crippen LogP) is 3.62. The van der Waals surface area contributed by atoms with Gasteiger partial charge in [0.15, 0.2) is 0 Å². The van der Waals surface area contributed by atoms with Gasteiger partial charge in [0.25, 0.3) is 0 Å². The summed E-state index contributed by atoms with van der Waals surface area (Å²) in [6, 6.07) is 10.6. The first kappa shape index (κ1) is 11.6. The van der Waals surface area contributed by atoms with Crippen molar-refractivity contribution >= 4 is 5.69 Å². The second-order valence-electron chi connectivity index (χ2n) is 4.42. The van der Waals surface area contributed by atoms with Crippen LogP contribution in [0, 0.1) is 20.8 Å². The molecular formula is C15H18N2. The molecule has 2 heteroatoms. The number of nitrogens with zero attached hydrogens (tertiary/aromatic N) is 1. The third kappa shape index (κ3) is 2.84. The molecule has 0 spiro atoms. The van der Waals surface area contributed by atoms with Gasteiger partial charge in [0.2, 0.25) is 0 Å². The van der Waals surface area contributed by atoms with Crippen molar-refractivity contribution in [3.05, 3.63) is 58.9 Å². The molecule has 0 saturated carbocycles. The molecule has 2 rings (SSSR count). The van der Waals surface area contributed by atoms with Crippen LogP contribution in [-0.4, -0.2) is 4.98 Å². The lowest BCUT2D eigenvalue weighted by Crippen LogP contribution is -2.03. The fourth-order valence-electron chi connectivity index (χ4n) is 1.91. The van der Waals surface area contributed by atoms with Gasteiger partial charge >= 0.3 is 0 Å². The second-order valence-corrected chi connectivity index (χ2v) is 4.42. The minimum Gasteiger partial charge on any atom is -0.379 e. The first-order valence-corrected chi connectivity index (χ1v) is 5.88. The Hall–Kier alpha value is -1.83. The van der Waals surface area contributed by atoms with Crippen molar-refractivity contribution in [1.29, 1.82) is 0 Å². The molecule has 1 aromatic carbocycles.